The van der Waals surface area contributed by atoms with Crippen LogP contribution in [0.15, 0.2) is 24.3 Å². The zero-order valence-electron chi connectivity index (χ0n) is 11.8. The Morgan fingerprint density at radius 1 is 1.28 bits per heavy atom. The highest BCUT2D eigenvalue weighted by Gasteiger charge is 2.31. The number of methoxy groups -OCH3 is 1. The minimum Gasteiger partial charge on any atom is -0.496 e. The molecule has 2 heteroatoms. The zero-order valence-corrected chi connectivity index (χ0v) is 11.8. The van der Waals surface area contributed by atoms with Gasteiger partial charge in [0, 0.05) is 6.04 Å². The van der Waals surface area contributed by atoms with E-state index in [4.69, 9.17) is 4.74 Å². The third-order valence-electron chi connectivity index (χ3n) is 3.75. The first kappa shape index (κ1) is 13.4. The molecular formula is C16H25NO. The Bertz CT molecular complexity index is 371. The third-order valence-corrected chi connectivity index (χ3v) is 3.75. The van der Waals surface area contributed by atoms with Gasteiger partial charge in [0.2, 0.25) is 0 Å². The average molecular weight is 247 g/mol. The predicted octanol–water partition coefficient (Wildman–Crippen LogP) is 3.26. The van der Waals surface area contributed by atoms with E-state index in [0.717, 1.165) is 30.6 Å². The number of benzene rings is 1. The molecule has 0 radical (unpaired) electrons. The van der Waals surface area contributed by atoms with Crippen LogP contribution < -0.4 is 10.1 Å². The largest absolute Gasteiger partial charge is 0.496 e. The summed E-state index contributed by atoms with van der Waals surface area (Å²) in [7, 11) is 1.76. The number of nitrogens with one attached hydrogen (secondary N) is 1. The topological polar surface area (TPSA) is 21.3 Å². The summed E-state index contributed by atoms with van der Waals surface area (Å²) in [6.07, 6.45) is 3.94. The van der Waals surface area contributed by atoms with Crippen LogP contribution in [0.25, 0.3) is 0 Å². The van der Waals surface area contributed by atoms with E-state index in [1.807, 2.05) is 6.07 Å². The molecule has 2 nitrogen and oxygen atoms in total. The molecule has 0 spiro atoms. The van der Waals surface area contributed by atoms with Crippen LogP contribution in [0.2, 0.25) is 0 Å². The van der Waals surface area contributed by atoms with Crippen LogP contribution >= 0.6 is 0 Å². The van der Waals surface area contributed by atoms with Crippen molar-refractivity contribution in [1.29, 1.82) is 0 Å². The summed E-state index contributed by atoms with van der Waals surface area (Å²) < 4.78 is 5.45. The first-order chi connectivity index (χ1) is 8.70. The number of para-hydroxylation sites is 1. The summed E-state index contributed by atoms with van der Waals surface area (Å²) in [6.45, 7) is 5.56. The second-order valence-electron chi connectivity index (χ2n) is 5.68. The Hall–Kier alpha value is -1.02. The summed E-state index contributed by atoms with van der Waals surface area (Å²) in [5, 5.41) is 3.58. The molecule has 1 saturated carbocycles. The first-order valence-corrected chi connectivity index (χ1v) is 7.06. The van der Waals surface area contributed by atoms with Gasteiger partial charge in [-0.3, -0.25) is 0 Å². The molecule has 1 atom stereocenters. The maximum atomic E-state index is 5.45. The molecule has 2 rings (SSSR count). The van der Waals surface area contributed by atoms with Crippen molar-refractivity contribution in [2.24, 2.45) is 11.8 Å². The number of ether oxygens (including phenoxy) is 1. The highest BCUT2D eigenvalue weighted by molar-refractivity contribution is 5.33. The fraction of sp³-hybridized carbons (Fsp3) is 0.625. The van der Waals surface area contributed by atoms with E-state index in [9.17, 15) is 0 Å². The Balaban J connectivity index is 1.99. The Morgan fingerprint density at radius 2 is 2.00 bits per heavy atom. The summed E-state index contributed by atoms with van der Waals surface area (Å²) in [4.78, 5) is 0. The fourth-order valence-corrected chi connectivity index (χ4v) is 2.51. The van der Waals surface area contributed by atoms with Crippen molar-refractivity contribution in [3.63, 3.8) is 0 Å². The van der Waals surface area contributed by atoms with E-state index < -0.39 is 0 Å². The normalized spacial score (nSPS) is 16.9. The molecule has 100 valence electrons. The minimum atomic E-state index is 0.573. The van der Waals surface area contributed by atoms with Crippen molar-refractivity contribution >= 4 is 0 Å². The molecule has 0 bridgehead atoms. The monoisotopic (exact) mass is 247 g/mol. The van der Waals surface area contributed by atoms with Gasteiger partial charge in [-0.1, -0.05) is 32.0 Å². The summed E-state index contributed by atoms with van der Waals surface area (Å²) in [5.74, 6) is 2.71. The Kier molecular flexibility index (Phi) is 4.65. The van der Waals surface area contributed by atoms with E-state index in [0.29, 0.717) is 6.04 Å². The quantitative estimate of drug-likeness (QED) is 0.798. The molecule has 1 aliphatic carbocycles. The van der Waals surface area contributed by atoms with E-state index in [2.05, 4.69) is 37.4 Å². The zero-order chi connectivity index (χ0) is 13.0. The Morgan fingerprint density at radius 3 is 2.61 bits per heavy atom. The molecule has 0 amide bonds. The molecule has 1 aromatic rings. The Labute approximate surface area is 111 Å². The van der Waals surface area contributed by atoms with Crippen LogP contribution in [-0.2, 0) is 6.42 Å². The van der Waals surface area contributed by atoms with Gasteiger partial charge in [0.15, 0.2) is 0 Å². The van der Waals surface area contributed by atoms with Gasteiger partial charge in [0.25, 0.3) is 0 Å². The molecule has 1 fully saturated rings. The molecule has 0 aliphatic heterocycles. The van der Waals surface area contributed by atoms with Crippen molar-refractivity contribution in [2.45, 2.75) is 39.2 Å². The lowest BCUT2D eigenvalue weighted by molar-refractivity contribution is 0.382. The van der Waals surface area contributed by atoms with Crippen LogP contribution in [0, 0.1) is 11.8 Å². The number of hydrogen-bond acceptors (Lipinski definition) is 2. The van der Waals surface area contributed by atoms with Gasteiger partial charge in [-0.15, -0.1) is 0 Å². The molecule has 1 N–H and O–H groups in total. The molecule has 0 saturated heterocycles. The van der Waals surface area contributed by atoms with Crippen molar-refractivity contribution in [1.82, 2.24) is 5.32 Å². The summed E-state index contributed by atoms with van der Waals surface area (Å²) >= 11 is 0. The van der Waals surface area contributed by atoms with Crippen molar-refractivity contribution < 1.29 is 4.74 Å². The van der Waals surface area contributed by atoms with Gasteiger partial charge in [-0.25, -0.2) is 0 Å². The van der Waals surface area contributed by atoms with E-state index >= 15 is 0 Å². The standard InChI is InChI=1S/C16H25NO/c1-12(2)17-11-15(13-8-9-13)10-14-6-4-5-7-16(14)18-3/h4-7,12-13,15,17H,8-11H2,1-3H3. The predicted molar refractivity (Wildman–Crippen MR) is 76.1 cm³/mol. The minimum absolute atomic E-state index is 0.573. The fourth-order valence-electron chi connectivity index (χ4n) is 2.51. The van der Waals surface area contributed by atoms with E-state index in [1.54, 1.807) is 7.11 Å². The molecule has 0 heterocycles. The van der Waals surface area contributed by atoms with Crippen LogP contribution in [0.4, 0.5) is 0 Å². The van der Waals surface area contributed by atoms with E-state index in [1.165, 1.54) is 18.4 Å². The molecule has 1 aromatic carbocycles. The smallest absolute Gasteiger partial charge is 0.122 e. The maximum Gasteiger partial charge on any atom is 0.122 e. The lowest BCUT2D eigenvalue weighted by Crippen LogP contribution is -2.31. The van der Waals surface area contributed by atoms with Crippen LogP contribution in [-0.4, -0.2) is 19.7 Å². The summed E-state index contributed by atoms with van der Waals surface area (Å²) in [5.41, 5.74) is 1.35. The second kappa shape index (κ2) is 6.24. The SMILES string of the molecule is COc1ccccc1CC(CNC(C)C)C1CC1. The molecule has 1 aliphatic rings. The first-order valence-electron chi connectivity index (χ1n) is 7.06. The van der Waals surface area contributed by atoms with Crippen molar-refractivity contribution in [2.75, 3.05) is 13.7 Å². The molecular weight excluding hydrogens is 222 g/mol. The highest BCUT2D eigenvalue weighted by Crippen LogP contribution is 2.39. The number of hydrogen-bond donors (Lipinski definition) is 1. The van der Waals surface area contributed by atoms with Gasteiger partial charge in [0.1, 0.15) is 5.75 Å². The third kappa shape index (κ3) is 3.74. The number of rotatable bonds is 7. The van der Waals surface area contributed by atoms with E-state index in [-0.39, 0.29) is 0 Å². The lowest BCUT2D eigenvalue weighted by Gasteiger charge is -2.20. The van der Waals surface area contributed by atoms with Crippen LogP contribution in [0.3, 0.4) is 0 Å². The van der Waals surface area contributed by atoms with Gasteiger partial charge in [-0.05, 0) is 49.3 Å². The molecule has 0 aromatic heterocycles. The van der Waals surface area contributed by atoms with Crippen LogP contribution in [0.1, 0.15) is 32.3 Å². The summed E-state index contributed by atoms with van der Waals surface area (Å²) in [6, 6.07) is 8.99. The average Bonchev–Trinajstić information content (AvgIpc) is 3.19. The van der Waals surface area contributed by atoms with Gasteiger partial charge in [-0.2, -0.15) is 0 Å². The van der Waals surface area contributed by atoms with Crippen molar-refractivity contribution in [3.05, 3.63) is 29.8 Å². The molecule has 1 unspecified atom stereocenters. The molecule has 18 heavy (non-hydrogen) atoms. The van der Waals surface area contributed by atoms with Crippen LogP contribution in [0.5, 0.6) is 5.75 Å². The van der Waals surface area contributed by atoms with Gasteiger partial charge in [0.05, 0.1) is 7.11 Å². The maximum absolute atomic E-state index is 5.45. The van der Waals surface area contributed by atoms with Gasteiger partial charge >= 0.3 is 0 Å². The van der Waals surface area contributed by atoms with Crippen molar-refractivity contribution in [3.8, 4) is 5.75 Å². The highest BCUT2D eigenvalue weighted by atomic mass is 16.5. The lowest BCUT2D eigenvalue weighted by atomic mass is 9.94. The second-order valence-corrected chi connectivity index (χ2v) is 5.68. The van der Waals surface area contributed by atoms with Gasteiger partial charge < -0.3 is 10.1 Å².